The highest BCUT2D eigenvalue weighted by molar-refractivity contribution is 7.10. The minimum absolute atomic E-state index is 0.276. The molecule has 0 bridgehead atoms. The zero-order valence-electron chi connectivity index (χ0n) is 11.0. The zero-order valence-corrected chi connectivity index (χ0v) is 11.8. The van der Waals surface area contributed by atoms with Crippen molar-refractivity contribution in [1.82, 2.24) is 4.90 Å². The lowest BCUT2D eigenvalue weighted by Gasteiger charge is -2.39. The van der Waals surface area contributed by atoms with E-state index < -0.39 is 0 Å². The van der Waals surface area contributed by atoms with Crippen LogP contribution in [0, 0.1) is 6.92 Å². The van der Waals surface area contributed by atoms with Crippen molar-refractivity contribution in [3.05, 3.63) is 21.9 Å². The number of rotatable bonds is 3. The van der Waals surface area contributed by atoms with Crippen LogP contribution < -0.4 is 0 Å². The van der Waals surface area contributed by atoms with Crippen molar-refractivity contribution in [2.75, 3.05) is 13.1 Å². The van der Waals surface area contributed by atoms with Crippen LogP contribution in [-0.2, 0) is 0 Å². The number of aryl methyl sites for hydroxylation is 1. The Balaban J connectivity index is 2.19. The first-order valence-corrected chi connectivity index (χ1v) is 7.25. The van der Waals surface area contributed by atoms with Crippen LogP contribution in [-0.4, -0.2) is 29.3 Å². The van der Waals surface area contributed by atoms with Crippen LogP contribution in [0.5, 0.6) is 0 Å². The molecule has 0 aromatic carbocycles. The van der Waals surface area contributed by atoms with Crippen LogP contribution in [0.25, 0.3) is 0 Å². The number of Topliss-reactive ketones (excluding diaryl/α,β-unsaturated/α-hetero) is 1. The number of thiophene rings is 1. The van der Waals surface area contributed by atoms with Gasteiger partial charge in [-0.25, -0.2) is 0 Å². The lowest BCUT2D eigenvalue weighted by atomic mass is 9.90. The van der Waals surface area contributed by atoms with Gasteiger partial charge in [0.2, 0.25) is 0 Å². The molecular weight excluding hydrogens is 230 g/mol. The van der Waals surface area contributed by atoms with Crippen molar-refractivity contribution in [2.24, 2.45) is 0 Å². The van der Waals surface area contributed by atoms with Crippen LogP contribution in [0.1, 0.15) is 48.3 Å². The zero-order chi connectivity index (χ0) is 12.5. The summed E-state index contributed by atoms with van der Waals surface area (Å²) in [5, 5.41) is 2.01. The lowest BCUT2D eigenvalue weighted by molar-refractivity contribution is 0.0579. The average Bonchev–Trinajstić information content (AvgIpc) is 2.75. The van der Waals surface area contributed by atoms with E-state index >= 15 is 0 Å². The maximum atomic E-state index is 12.6. The summed E-state index contributed by atoms with van der Waals surface area (Å²) in [5.41, 5.74) is 0.553. The molecule has 2 heterocycles. The lowest BCUT2D eigenvalue weighted by Crippen LogP contribution is -2.52. The van der Waals surface area contributed by atoms with Gasteiger partial charge in [-0.2, -0.15) is 0 Å². The van der Waals surface area contributed by atoms with Gasteiger partial charge in [0.1, 0.15) is 0 Å². The summed E-state index contributed by atoms with van der Waals surface area (Å²) in [7, 11) is 0. The van der Waals surface area contributed by atoms with Crippen molar-refractivity contribution in [3.63, 3.8) is 0 Å². The first-order chi connectivity index (χ1) is 8.03. The molecule has 2 nitrogen and oxygen atoms in total. The molecule has 0 unspecified atom stereocenters. The van der Waals surface area contributed by atoms with Gasteiger partial charge in [0.25, 0.3) is 0 Å². The van der Waals surface area contributed by atoms with Crippen molar-refractivity contribution >= 4 is 17.1 Å². The second kappa shape index (κ2) is 4.91. The van der Waals surface area contributed by atoms with E-state index in [2.05, 4.69) is 18.7 Å². The fourth-order valence-electron chi connectivity index (χ4n) is 2.55. The minimum atomic E-state index is -0.355. The van der Waals surface area contributed by atoms with Gasteiger partial charge in [-0.15, -0.1) is 11.3 Å². The molecule has 0 atom stereocenters. The maximum Gasteiger partial charge on any atom is 0.183 e. The molecule has 0 saturated carbocycles. The first-order valence-electron chi connectivity index (χ1n) is 6.37. The molecule has 1 aliphatic rings. The number of nitrogens with zero attached hydrogens (tertiary/aromatic N) is 1. The third kappa shape index (κ3) is 2.45. The second-order valence-corrected chi connectivity index (χ2v) is 6.45. The molecule has 1 saturated heterocycles. The number of piperidine rings is 1. The Morgan fingerprint density at radius 3 is 2.47 bits per heavy atom. The summed E-state index contributed by atoms with van der Waals surface area (Å²) < 4.78 is 0. The number of hydrogen-bond donors (Lipinski definition) is 0. The van der Waals surface area contributed by atoms with E-state index in [1.165, 1.54) is 19.3 Å². The van der Waals surface area contributed by atoms with Crippen molar-refractivity contribution in [2.45, 2.75) is 45.6 Å². The summed E-state index contributed by atoms with van der Waals surface area (Å²) in [6.07, 6.45) is 3.75. The topological polar surface area (TPSA) is 20.3 Å². The van der Waals surface area contributed by atoms with E-state index in [4.69, 9.17) is 0 Å². The molecule has 2 rings (SSSR count). The third-order valence-electron chi connectivity index (χ3n) is 3.81. The molecule has 0 spiro atoms. The third-order valence-corrected chi connectivity index (χ3v) is 4.65. The molecule has 1 aliphatic heterocycles. The maximum absolute atomic E-state index is 12.6. The fourth-order valence-corrected chi connectivity index (χ4v) is 3.24. The van der Waals surface area contributed by atoms with Crippen molar-refractivity contribution < 1.29 is 4.79 Å². The predicted molar refractivity (Wildman–Crippen MR) is 72.9 cm³/mol. The molecule has 0 amide bonds. The van der Waals surface area contributed by atoms with Crippen LogP contribution in [0.2, 0.25) is 0 Å². The molecular formula is C14H21NOS. The highest BCUT2D eigenvalue weighted by Gasteiger charge is 2.36. The molecule has 94 valence electrons. The van der Waals surface area contributed by atoms with Gasteiger partial charge in [-0.1, -0.05) is 6.42 Å². The van der Waals surface area contributed by atoms with E-state index in [1.807, 2.05) is 18.4 Å². The predicted octanol–water partition coefficient (Wildman–Crippen LogP) is 3.50. The van der Waals surface area contributed by atoms with E-state index in [1.54, 1.807) is 11.3 Å². The molecule has 3 heteroatoms. The number of carbonyl (C=O) groups is 1. The molecule has 17 heavy (non-hydrogen) atoms. The van der Waals surface area contributed by atoms with Crippen LogP contribution in [0.3, 0.4) is 0 Å². The van der Waals surface area contributed by atoms with E-state index in [0.29, 0.717) is 0 Å². The fraction of sp³-hybridized carbons (Fsp3) is 0.643. The quantitative estimate of drug-likeness (QED) is 0.766. The van der Waals surface area contributed by atoms with Gasteiger partial charge in [-0.3, -0.25) is 9.69 Å². The SMILES string of the molecule is Cc1sccc1C(=O)C(C)(C)N1CCCCC1. The summed E-state index contributed by atoms with van der Waals surface area (Å²) in [4.78, 5) is 16.1. The molecule has 0 radical (unpaired) electrons. The number of carbonyl (C=O) groups excluding carboxylic acids is 1. The van der Waals surface area contributed by atoms with E-state index in [0.717, 1.165) is 23.5 Å². The Morgan fingerprint density at radius 1 is 1.29 bits per heavy atom. The average molecular weight is 251 g/mol. The monoisotopic (exact) mass is 251 g/mol. The summed E-state index contributed by atoms with van der Waals surface area (Å²) in [6.45, 7) is 8.28. The first kappa shape index (κ1) is 12.8. The summed E-state index contributed by atoms with van der Waals surface area (Å²) in [5.74, 6) is 0.276. The smallest absolute Gasteiger partial charge is 0.183 e. The Kier molecular flexibility index (Phi) is 3.69. The number of ketones is 1. The van der Waals surface area contributed by atoms with Crippen LogP contribution >= 0.6 is 11.3 Å². The number of likely N-dealkylation sites (tertiary alicyclic amines) is 1. The van der Waals surface area contributed by atoms with Crippen molar-refractivity contribution in [3.8, 4) is 0 Å². The Bertz CT molecular complexity index is 402. The van der Waals surface area contributed by atoms with Gasteiger partial charge >= 0.3 is 0 Å². The van der Waals surface area contributed by atoms with Gasteiger partial charge in [0.15, 0.2) is 5.78 Å². The summed E-state index contributed by atoms with van der Waals surface area (Å²) >= 11 is 1.66. The number of hydrogen-bond acceptors (Lipinski definition) is 3. The Morgan fingerprint density at radius 2 is 1.94 bits per heavy atom. The highest BCUT2D eigenvalue weighted by atomic mass is 32.1. The van der Waals surface area contributed by atoms with Gasteiger partial charge in [-0.05, 0) is 58.1 Å². The van der Waals surface area contributed by atoms with E-state index in [9.17, 15) is 4.79 Å². The molecule has 1 aromatic rings. The largest absolute Gasteiger partial charge is 0.292 e. The van der Waals surface area contributed by atoms with Gasteiger partial charge in [0.05, 0.1) is 5.54 Å². The molecule has 0 aliphatic carbocycles. The second-order valence-electron chi connectivity index (χ2n) is 5.33. The molecule has 1 aromatic heterocycles. The minimum Gasteiger partial charge on any atom is -0.292 e. The standard InChI is InChI=1S/C14H21NOS/c1-11-12(7-10-17-11)13(16)14(2,3)15-8-5-4-6-9-15/h7,10H,4-6,8-9H2,1-3H3. The Hall–Kier alpha value is -0.670. The summed E-state index contributed by atoms with van der Waals surface area (Å²) in [6, 6.07) is 1.97. The van der Waals surface area contributed by atoms with Gasteiger partial charge < -0.3 is 0 Å². The highest BCUT2D eigenvalue weighted by Crippen LogP contribution is 2.27. The Labute approximate surface area is 108 Å². The molecule has 0 N–H and O–H groups in total. The normalized spacial score (nSPS) is 18.3. The van der Waals surface area contributed by atoms with E-state index in [-0.39, 0.29) is 11.3 Å². The molecule has 1 fully saturated rings. The van der Waals surface area contributed by atoms with Gasteiger partial charge in [0, 0.05) is 10.4 Å². The van der Waals surface area contributed by atoms with Crippen molar-refractivity contribution in [1.29, 1.82) is 0 Å². The van der Waals surface area contributed by atoms with Crippen LogP contribution in [0.15, 0.2) is 11.4 Å². The van der Waals surface area contributed by atoms with Crippen LogP contribution in [0.4, 0.5) is 0 Å².